The molecule has 2 aliphatic carbocycles. The van der Waals surface area contributed by atoms with E-state index in [0.29, 0.717) is 37.4 Å². The zero-order valence-electron chi connectivity index (χ0n) is 33.2. The molecule has 2 aromatic rings. The highest BCUT2D eigenvalue weighted by molar-refractivity contribution is 5.77. The van der Waals surface area contributed by atoms with Gasteiger partial charge < -0.3 is 46.1 Å². The predicted molar refractivity (Wildman–Crippen MR) is 212 cm³/mol. The zero-order chi connectivity index (χ0) is 39.1. The second-order valence-corrected chi connectivity index (χ2v) is 14.7. The molecule has 0 saturated heterocycles. The molecule has 0 radical (unpaired) electrons. The van der Waals surface area contributed by atoms with Gasteiger partial charge in [-0.15, -0.1) is 0 Å². The van der Waals surface area contributed by atoms with Crippen LogP contribution in [0.5, 0.6) is 11.5 Å². The first-order valence-electron chi connectivity index (χ1n) is 19.9. The standard InChI is InChI=1S/C19H35NO2.C14H22N2O3.C9H13NO2/c1-3-20(4-2)15-16-22-18(21)19(13-9-6-10-14-19)17-11-7-5-8-12-17;1-10(2)16-8-12(17)9-19-13-5-3-11(4-6-13)7-14(15)18;1-10-6-9(12)7-3-2-4-8(11)5-7/h17H,3-16H2,1-2H3;3-6,10,12,16-17H,7-9H2,1-2H3,(H2,15,18);2-5,9-12H,6H2,1H3/t;;9-/m..0/s1. The fourth-order valence-electron chi connectivity index (χ4n) is 7.14. The van der Waals surface area contributed by atoms with E-state index in [1.165, 1.54) is 51.4 Å². The van der Waals surface area contributed by atoms with Gasteiger partial charge in [-0.05, 0) is 87.1 Å². The third-order valence-electron chi connectivity index (χ3n) is 10.2. The van der Waals surface area contributed by atoms with E-state index in [-0.39, 0.29) is 36.1 Å². The lowest BCUT2D eigenvalue weighted by Crippen LogP contribution is -2.43. The fourth-order valence-corrected chi connectivity index (χ4v) is 7.14. The number of nitrogens with one attached hydrogen (secondary N) is 2. The molecule has 1 unspecified atom stereocenters. The van der Waals surface area contributed by atoms with Crippen molar-refractivity contribution in [3.63, 3.8) is 0 Å². The summed E-state index contributed by atoms with van der Waals surface area (Å²) in [5.74, 6) is 1.21. The van der Waals surface area contributed by atoms with Crippen LogP contribution in [0, 0.1) is 11.3 Å². The number of carbonyl (C=O) groups excluding carboxylic acids is 2. The van der Waals surface area contributed by atoms with Crippen LogP contribution < -0.4 is 21.1 Å². The van der Waals surface area contributed by atoms with E-state index in [0.717, 1.165) is 43.6 Å². The fraction of sp³-hybridized carbons (Fsp3) is 0.667. The number of esters is 1. The number of ether oxygens (including phenoxy) is 2. The van der Waals surface area contributed by atoms with Gasteiger partial charge in [0.1, 0.15) is 30.8 Å². The van der Waals surface area contributed by atoms with Gasteiger partial charge in [0.15, 0.2) is 0 Å². The van der Waals surface area contributed by atoms with E-state index in [4.69, 9.17) is 20.3 Å². The SMILES string of the molecule is CC(C)NCC(O)COc1ccc(CC(N)=O)cc1.CCN(CC)CCOC(=O)C1(C2CCCCC2)CCCCC1.CNC[C@H](O)c1cccc(O)c1. The van der Waals surface area contributed by atoms with Gasteiger partial charge in [-0.2, -0.15) is 0 Å². The summed E-state index contributed by atoms with van der Waals surface area (Å²) < 4.78 is 11.2. The maximum Gasteiger partial charge on any atom is 0.312 e. The molecule has 11 heteroatoms. The van der Waals surface area contributed by atoms with Crippen molar-refractivity contribution in [2.45, 2.75) is 117 Å². The lowest BCUT2D eigenvalue weighted by atomic mass is 9.62. The van der Waals surface area contributed by atoms with Crippen LogP contribution in [0.25, 0.3) is 0 Å². The summed E-state index contributed by atoms with van der Waals surface area (Å²) in [5, 5.41) is 34.2. The summed E-state index contributed by atoms with van der Waals surface area (Å²) in [4.78, 5) is 26.0. The van der Waals surface area contributed by atoms with Crippen LogP contribution in [-0.4, -0.2) is 97.2 Å². The van der Waals surface area contributed by atoms with Gasteiger partial charge in [0.25, 0.3) is 0 Å². The molecule has 53 heavy (non-hydrogen) atoms. The Kier molecular flexibility index (Phi) is 22.3. The van der Waals surface area contributed by atoms with E-state index in [9.17, 15) is 19.8 Å². The number of carbonyl (C=O) groups is 2. The first-order valence-corrected chi connectivity index (χ1v) is 19.9. The number of benzene rings is 2. The Morgan fingerprint density at radius 3 is 2.15 bits per heavy atom. The van der Waals surface area contributed by atoms with Crippen molar-refractivity contribution in [2.75, 3.05) is 53.0 Å². The van der Waals surface area contributed by atoms with Crippen LogP contribution in [-0.2, 0) is 20.7 Å². The third kappa shape index (κ3) is 17.6. The van der Waals surface area contributed by atoms with Crippen molar-refractivity contribution in [1.29, 1.82) is 0 Å². The summed E-state index contributed by atoms with van der Waals surface area (Å²) in [6.45, 7) is 13.1. The second kappa shape index (κ2) is 25.7. The van der Waals surface area contributed by atoms with Crippen molar-refractivity contribution in [3.8, 4) is 11.5 Å². The van der Waals surface area contributed by atoms with Gasteiger partial charge in [-0.3, -0.25) is 9.59 Å². The topological polar surface area (TPSA) is 167 Å². The molecule has 0 aliphatic heterocycles. The lowest BCUT2D eigenvalue weighted by molar-refractivity contribution is -0.164. The predicted octanol–water partition coefficient (Wildman–Crippen LogP) is 5.50. The molecule has 0 bridgehead atoms. The van der Waals surface area contributed by atoms with Gasteiger partial charge >= 0.3 is 5.97 Å². The highest BCUT2D eigenvalue weighted by Crippen LogP contribution is 2.49. The van der Waals surface area contributed by atoms with E-state index < -0.39 is 12.2 Å². The molecule has 0 aromatic heterocycles. The number of aliphatic hydroxyl groups excluding tert-OH is 2. The number of nitrogens with zero attached hydrogens (tertiary/aromatic N) is 1. The number of amides is 1. The minimum absolute atomic E-state index is 0.131. The Morgan fingerprint density at radius 1 is 0.943 bits per heavy atom. The van der Waals surface area contributed by atoms with Crippen LogP contribution in [0.1, 0.15) is 109 Å². The van der Waals surface area contributed by atoms with Crippen LogP contribution in [0.15, 0.2) is 48.5 Å². The number of nitrogens with two attached hydrogens (primary N) is 1. The smallest absolute Gasteiger partial charge is 0.312 e. The molecule has 2 aromatic carbocycles. The molecule has 11 nitrogen and oxygen atoms in total. The number of rotatable bonds is 18. The summed E-state index contributed by atoms with van der Waals surface area (Å²) in [6.07, 6.45) is 11.4. The van der Waals surface area contributed by atoms with E-state index in [1.54, 1.807) is 55.6 Å². The molecule has 4 rings (SSSR count). The van der Waals surface area contributed by atoms with Crippen LogP contribution in [0.4, 0.5) is 0 Å². The van der Waals surface area contributed by atoms with Gasteiger partial charge in [-0.1, -0.05) is 90.5 Å². The van der Waals surface area contributed by atoms with Crippen molar-refractivity contribution in [1.82, 2.24) is 15.5 Å². The Hall–Kier alpha value is -3.22. The molecular formula is C42H70N4O7. The number of hydrogen-bond acceptors (Lipinski definition) is 10. The number of aromatic hydroxyl groups is 1. The Labute approximate surface area is 319 Å². The van der Waals surface area contributed by atoms with E-state index in [1.807, 2.05) is 13.8 Å². The average molecular weight is 743 g/mol. The molecule has 300 valence electrons. The van der Waals surface area contributed by atoms with Gasteiger partial charge in [0.2, 0.25) is 5.91 Å². The largest absolute Gasteiger partial charge is 0.508 e. The zero-order valence-corrected chi connectivity index (χ0v) is 33.2. The molecule has 2 aliphatic rings. The van der Waals surface area contributed by atoms with Gasteiger partial charge in [0, 0.05) is 25.7 Å². The molecular weight excluding hydrogens is 672 g/mol. The highest BCUT2D eigenvalue weighted by atomic mass is 16.5. The first kappa shape index (κ1) is 45.9. The summed E-state index contributed by atoms with van der Waals surface area (Å²) >= 11 is 0. The van der Waals surface area contributed by atoms with Crippen LogP contribution >= 0.6 is 0 Å². The number of phenols is 1. The van der Waals surface area contributed by atoms with E-state index in [2.05, 4.69) is 29.4 Å². The van der Waals surface area contributed by atoms with Crippen molar-refractivity contribution in [3.05, 3.63) is 59.7 Å². The molecule has 0 spiro atoms. The number of phenolic OH excluding ortho intramolecular Hbond substituents is 1. The summed E-state index contributed by atoms with van der Waals surface area (Å²) in [6, 6.07) is 14.1. The average Bonchev–Trinajstić information content (AvgIpc) is 3.16. The maximum absolute atomic E-state index is 12.9. The molecule has 2 saturated carbocycles. The Bertz CT molecular complexity index is 1280. The molecule has 7 N–H and O–H groups in total. The highest BCUT2D eigenvalue weighted by Gasteiger charge is 2.47. The van der Waals surface area contributed by atoms with Gasteiger partial charge in [-0.25, -0.2) is 0 Å². The Morgan fingerprint density at radius 2 is 1.58 bits per heavy atom. The van der Waals surface area contributed by atoms with Crippen molar-refractivity contribution >= 4 is 11.9 Å². The number of aliphatic hydroxyl groups is 2. The monoisotopic (exact) mass is 743 g/mol. The van der Waals surface area contributed by atoms with E-state index >= 15 is 0 Å². The van der Waals surface area contributed by atoms with Crippen molar-refractivity contribution in [2.24, 2.45) is 17.1 Å². The minimum Gasteiger partial charge on any atom is -0.508 e. The quantitative estimate of drug-likeness (QED) is 0.107. The number of primary amides is 1. The second-order valence-electron chi connectivity index (χ2n) is 14.7. The van der Waals surface area contributed by atoms with Gasteiger partial charge in [0.05, 0.1) is 17.9 Å². The summed E-state index contributed by atoms with van der Waals surface area (Å²) in [7, 11) is 1.77. The van der Waals surface area contributed by atoms with Crippen LogP contribution in [0.3, 0.4) is 0 Å². The molecule has 2 atom stereocenters. The third-order valence-corrected chi connectivity index (χ3v) is 10.2. The van der Waals surface area contributed by atoms with Crippen molar-refractivity contribution < 1.29 is 34.4 Å². The molecule has 2 fully saturated rings. The molecule has 0 heterocycles. The number of likely N-dealkylation sites (N-methyl/N-ethyl adjacent to an activating group) is 2. The van der Waals surface area contributed by atoms with Crippen LogP contribution in [0.2, 0.25) is 0 Å². The summed E-state index contributed by atoms with van der Waals surface area (Å²) in [5.41, 5.74) is 6.55. The minimum atomic E-state index is -0.554. The Balaban J connectivity index is 0.000000287. The normalized spacial score (nSPS) is 16.8. The maximum atomic E-state index is 12.9. The first-order chi connectivity index (χ1) is 25.4. The lowest BCUT2D eigenvalue weighted by Gasteiger charge is -2.43. The number of hydrogen-bond donors (Lipinski definition) is 6. The molecule has 1 amide bonds.